The molecule has 14 atom stereocenters. The number of fused-ring (bicyclic) bond motifs is 2. The number of amides is 5. The number of likely N-dealkylation sites (tertiary alicyclic amines) is 2. The van der Waals surface area contributed by atoms with E-state index in [0.29, 0.717) is 77.2 Å². The maximum atomic E-state index is 12.2. The highest BCUT2D eigenvalue weighted by atomic mass is 16.6. The number of hydrogen-bond donors (Lipinski definition) is 5. The number of carbonyl (C=O) groups excluding carboxylic acids is 6. The molecule has 0 radical (unpaired) electrons. The standard InChI is InChI=1S/C11H20N2O3.2C8H11NO3.2C7H11NO2.C7H12NO.C7H10NO.C6H11NO.C6H10N.C6H8O2.C5H8.C3H8N/c1-8(13(2,3)4)10(14)12-7-5-6-9(12)11(15)16;1-5-7(10)9(5)4-2-3-6(9)8(11)12;1-2-7(10)9-5-3-4-6(9)8(11)12;1-5-8-4-2-3-6(8)7(9)10-5;1-2-8-5-3-4-6(8)7(9)10;2*1-6-7(9)8(6)4-2-3-5-8;1-5-7-4-2-3-6(7)8-5;1-2-7-5-3-4-6-7;7-6(8)5-3-1-2-4-5;1-2-4-5-3-1;1-4(2)3/h8-9H,5-7H2,1-4H3;5-6H,2-4H2,1H3;2,6H,3-5H2,1H3;5-6H,2-4H2,1H3;2,6H,3-5H2,1H3;6H,2-5H2,1H3;2,4,6H,3,5H2,1H3;5-6H,2-4H2,1H3;2-3,5H,4,6H2,1H3;3H,1-2,4H2,(H,7,8);1-2H,3-5H2;1H2,2-3H3/q;;;;;2*+1;;+1;;;+1/p+4/t8?,9-;5?,6-,9?;6-;;6-;;;;;;;/m000.0......./s1. The third-order valence-electron chi connectivity index (χ3n) is 23.6. The van der Waals surface area contributed by atoms with Crippen molar-refractivity contribution in [2.75, 3.05) is 101 Å². The first kappa shape index (κ1) is 92.9. The number of carboxylic acids is 5. The Morgan fingerprint density at radius 2 is 1.18 bits per heavy atom. The van der Waals surface area contributed by atoms with Gasteiger partial charge in [-0.25, -0.2) is 70.3 Å². The first-order valence-electron chi connectivity index (χ1n) is 40.2. The summed E-state index contributed by atoms with van der Waals surface area (Å²) < 4.78 is 18.4. The number of likely N-dealkylation sites (N-methyl/N-ethyl adjacent to an activating group) is 1. The van der Waals surface area contributed by atoms with Crippen LogP contribution >= 0.6 is 0 Å². The molecule has 3 spiro atoms. The SMILES string of the molecule is C1=CCCC1.C=[N+](C)C.CC(C(=O)N1CCC[C@H]1C(=O)O)[N+](C)(C)C.CC1C(=O)[N+]12C=CCC2.CC1C(=O)[N+]12CCCC2.CC1C(=O)[N+]12CCC[C@H]2C(=O)O.CC1OC(=O)C2CCCN12.CC1OC2CCCN12.CC=[N+]1C=CCC1.CC=[N+]1CCC[C@H]1C(=O)O.C[CH+]C(=O)N1CCC[C@H]1C(=O)O.O=C(O)C1=CCCC1. The zero-order chi connectivity index (χ0) is 82.0. The average Bonchev–Trinajstić information content (AvgIpc) is 1.54. The van der Waals surface area contributed by atoms with E-state index in [2.05, 4.69) is 71.7 Å². The average molecular weight is 1550 g/mol. The van der Waals surface area contributed by atoms with Gasteiger partial charge in [0.2, 0.25) is 24.2 Å². The molecule has 5 N–H and O–H groups in total. The third kappa shape index (κ3) is 25.2. The Morgan fingerprint density at radius 3 is 1.54 bits per heavy atom. The van der Waals surface area contributed by atoms with Crippen LogP contribution < -0.4 is 0 Å². The number of aliphatic carboxylic acids is 5. The van der Waals surface area contributed by atoms with E-state index in [1.54, 1.807) is 17.6 Å². The summed E-state index contributed by atoms with van der Waals surface area (Å²) >= 11 is 0. The summed E-state index contributed by atoms with van der Waals surface area (Å²) in [6.45, 7) is 30.3. The molecule has 29 heteroatoms. The number of cyclic esters (lactones) is 1. The lowest BCUT2D eigenvalue weighted by atomic mass is 10.2. The summed E-state index contributed by atoms with van der Waals surface area (Å²) in [4.78, 5) is 128. The number of nitrogens with zero attached hydrogens (tertiary/aromatic N) is 11. The minimum atomic E-state index is -0.900. The molecular weight excluding hydrogens is 1410 g/mol. The molecule has 0 aromatic rings. The van der Waals surface area contributed by atoms with Crippen molar-refractivity contribution >= 4 is 84.5 Å². The minimum Gasteiger partial charge on any atom is -0.480 e. The van der Waals surface area contributed by atoms with E-state index in [1.165, 1.54) is 80.7 Å². The Balaban J connectivity index is 0.000000217. The Labute approximate surface area is 652 Å². The van der Waals surface area contributed by atoms with Crippen LogP contribution in [0, 0.1) is 6.42 Å². The predicted molar refractivity (Wildman–Crippen MR) is 415 cm³/mol. The summed E-state index contributed by atoms with van der Waals surface area (Å²) in [6.07, 6.45) is 43.3. The fourth-order valence-corrected chi connectivity index (χ4v) is 16.2. The monoisotopic (exact) mass is 1550 g/mol. The molecule has 0 bridgehead atoms. The van der Waals surface area contributed by atoms with Gasteiger partial charge in [-0.15, -0.1) is 0 Å². The Morgan fingerprint density at radius 1 is 0.609 bits per heavy atom. The minimum absolute atomic E-state index is 0.0231. The Bertz CT molecular complexity index is 3400. The first-order chi connectivity index (χ1) is 51.9. The molecule has 10 unspecified atom stereocenters. The van der Waals surface area contributed by atoms with Crippen molar-refractivity contribution in [3.05, 3.63) is 54.8 Å². The van der Waals surface area contributed by atoms with Gasteiger partial charge in [0, 0.05) is 118 Å². The molecule has 29 nitrogen and oxygen atoms in total. The number of hydrogen-bond acceptors (Lipinski definition) is 15. The van der Waals surface area contributed by atoms with Gasteiger partial charge in [0.1, 0.15) is 76.6 Å². The molecule has 614 valence electrons. The van der Waals surface area contributed by atoms with E-state index in [9.17, 15) is 52.7 Å². The van der Waals surface area contributed by atoms with Crippen molar-refractivity contribution in [2.45, 2.75) is 277 Å². The molecule has 2 aliphatic carbocycles. The molecule has 12 fully saturated rings. The quantitative estimate of drug-likeness (QED) is 0.0312. The summed E-state index contributed by atoms with van der Waals surface area (Å²) in [5, 5.41) is 43.6. The molecule has 0 aromatic carbocycles. The van der Waals surface area contributed by atoms with Crippen LogP contribution in [-0.2, 0) is 62.2 Å². The third-order valence-corrected chi connectivity index (χ3v) is 23.6. The number of rotatable bonds is 8. The van der Waals surface area contributed by atoms with E-state index in [4.69, 9.17) is 35.0 Å². The topological polar surface area (TPSA) is 329 Å². The van der Waals surface area contributed by atoms with Crippen LogP contribution in [0.15, 0.2) is 48.4 Å². The highest BCUT2D eigenvalue weighted by molar-refractivity contribution is 5.91. The number of ether oxygens (including phenoxy) is 2. The number of carbonyl (C=O) groups is 11. The molecule has 5 amide bonds. The van der Waals surface area contributed by atoms with Crippen molar-refractivity contribution in [3.63, 3.8) is 0 Å². The van der Waals surface area contributed by atoms with Gasteiger partial charge in [0.25, 0.3) is 5.91 Å². The zero-order valence-corrected chi connectivity index (χ0v) is 68.5. The normalized spacial score (nSPS) is 31.4. The predicted octanol–water partition coefficient (Wildman–Crippen LogP) is 6.95. The molecule has 12 saturated heterocycles. The van der Waals surface area contributed by atoms with Crippen LogP contribution in [0.25, 0.3) is 0 Å². The van der Waals surface area contributed by atoms with Gasteiger partial charge in [-0.1, -0.05) is 18.2 Å². The Kier molecular flexibility index (Phi) is 36.7. The molecular formula is C81H135N11O18+8. The second-order valence-electron chi connectivity index (χ2n) is 31.9. The second-order valence-corrected chi connectivity index (χ2v) is 31.9. The maximum Gasteiger partial charge on any atom is 0.404 e. The molecule has 16 aliphatic rings. The number of quaternary nitrogens is 4. The molecule has 110 heavy (non-hydrogen) atoms. The zero-order valence-electron chi connectivity index (χ0n) is 68.5. The summed E-state index contributed by atoms with van der Waals surface area (Å²) in [5.41, 5.74) is 0.588. The van der Waals surface area contributed by atoms with Crippen LogP contribution in [0.1, 0.15) is 204 Å². The van der Waals surface area contributed by atoms with E-state index >= 15 is 0 Å². The fraction of sp³-hybridized carbons (Fsp3) is 0.716. The van der Waals surface area contributed by atoms with E-state index in [0.717, 1.165) is 114 Å². The van der Waals surface area contributed by atoms with Crippen LogP contribution in [-0.4, -0.2) is 335 Å². The highest BCUT2D eigenvalue weighted by Crippen LogP contribution is 2.43. The van der Waals surface area contributed by atoms with Crippen molar-refractivity contribution < 1.29 is 119 Å². The van der Waals surface area contributed by atoms with Crippen molar-refractivity contribution in [2.24, 2.45) is 0 Å². The van der Waals surface area contributed by atoms with Crippen LogP contribution in [0.2, 0.25) is 0 Å². The molecule has 14 heterocycles. The lowest BCUT2D eigenvalue weighted by molar-refractivity contribution is -0.884. The van der Waals surface area contributed by atoms with Gasteiger partial charge >= 0.3 is 59.4 Å². The van der Waals surface area contributed by atoms with E-state index in [1.807, 2.05) is 93.8 Å². The summed E-state index contributed by atoms with van der Waals surface area (Å²) in [5.74, 6) is -3.33. The number of allylic oxidation sites excluding steroid dienone is 3. The molecule has 16 rings (SSSR count). The second kappa shape index (κ2) is 43.4. The van der Waals surface area contributed by atoms with Gasteiger partial charge in [-0.05, 0) is 123 Å². The van der Waals surface area contributed by atoms with Crippen molar-refractivity contribution in [1.82, 2.24) is 19.6 Å². The molecule has 0 saturated carbocycles. The van der Waals surface area contributed by atoms with Gasteiger partial charge in [-0.2, -0.15) is 0 Å². The summed E-state index contributed by atoms with van der Waals surface area (Å²) in [6, 6.07) is -1.49. The number of esters is 1. The van der Waals surface area contributed by atoms with Crippen molar-refractivity contribution in [1.29, 1.82) is 0 Å². The lowest BCUT2D eigenvalue weighted by Crippen LogP contribution is -2.55. The fourth-order valence-electron chi connectivity index (χ4n) is 16.2. The largest absolute Gasteiger partial charge is 0.480 e. The smallest absolute Gasteiger partial charge is 0.404 e. The highest BCUT2D eigenvalue weighted by Gasteiger charge is 2.72. The maximum absolute atomic E-state index is 12.2. The van der Waals surface area contributed by atoms with E-state index in [-0.39, 0.29) is 64.6 Å². The summed E-state index contributed by atoms with van der Waals surface area (Å²) in [7, 11) is 9.59. The first-order valence-corrected chi connectivity index (χ1v) is 40.2. The van der Waals surface area contributed by atoms with Gasteiger partial charge < -0.3 is 44.4 Å². The van der Waals surface area contributed by atoms with Gasteiger partial charge in [-0.3, -0.25) is 24.3 Å². The van der Waals surface area contributed by atoms with Gasteiger partial charge in [0.05, 0.1) is 54.2 Å². The van der Waals surface area contributed by atoms with Crippen molar-refractivity contribution in [3.8, 4) is 0 Å². The van der Waals surface area contributed by atoms with Crippen LogP contribution in [0.5, 0.6) is 0 Å². The molecule has 14 aliphatic heterocycles. The number of carboxylic acid groups (broad SMARTS) is 5. The molecule has 0 aromatic heterocycles. The van der Waals surface area contributed by atoms with Crippen LogP contribution in [0.4, 0.5) is 0 Å². The van der Waals surface area contributed by atoms with E-state index < -0.39 is 48.0 Å². The Hall–Kier alpha value is -7.67. The van der Waals surface area contributed by atoms with Gasteiger partial charge in [0.15, 0.2) is 37.5 Å². The lowest BCUT2D eigenvalue weighted by Gasteiger charge is -2.41. The van der Waals surface area contributed by atoms with Crippen LogP contribution in [0.3, 0.4) is 0 Å².